The standard InChI is InChI=1S/C26H37NO6/c1-16-13-14-25(18(15-16)20(28)31-8)26(21(29)32-23(2,3)4,22(30)33-24(5,6)7)17-11-9-10-12-19(17)27-25/h9-12,16,18,27H,13-15H2,1-8H3/t16-,18+,25+/m1/s1. The minimum absolute atomic E-state index is 0.222. The van der Waals surface area contributed by atoms with Gasteiger partial charge in [0.2, 0.25) is 5.41 Å². The lowest BCUT2D eigenvalue weighted by Crippen LogP contribution is -2.69. The first-order valence-electron chi connectivity index (χ1n) is 11.6. The number of nitrogens with one attached hydrogen (secondary N) is 1. The molecule has 3 rings (SSSR count). The van der Waals surface area contributed by atoms with Gasteiger partial charge in [0, 0.05) is 11.3 Å². The zero-order valence-electron chi connectivity index (χ0n) is 21.0. The van der Waals surface area contributed by atoms with Crippen molar-refractivity contribution in [3.8, 4) is 0 Å². The van der Waals surface area contributed by atoms with Crippen LogP contribution in [0.25, 0.3) is 0 Å². The Balaban J connectivity index is 2.36. The Kier molecular flexibility index (Phi) is 6.33. The van der Waals surface area contributed by atoms with Gasteiger partial charge < -0.3 is 19.5 Å². The summed E-state index contributed by atoms with van der Waals surface area (Å²) in [5.41, 5.74) is -3.76. The van der Waals surface area contributed by atoms with Gasteiger partial charge in [0.25, 0.3) is 0 Å². The Bertz CT molecular complexity index is 913. The van der Waals surface area contributed by atoms with Crippen LogP contribution in [0.3, 0.4) is 0 Å². The van der Waals surface area contributed by atoms with Crippen LogP contribution < -0.4 is 5.32 Å². The number of para-hydroxylation sites is 1. The van der Waals surface area contributed by atoms with Crippen molar-refractivity contribution >= 4 is 23.6 Å². The van der Waals surface area contributed by atoms with Crippen LogP contribution in [0.2, 0.25) is 0 Å². The van der Waals surface area contributed by atoms with Gasteiger partial charge in [-0.3, -0.25) is 14.4 Å². The number of benzene rings is 1. The summed E-state index contributed by atoms with van der Waals surface area (Å²) in [5.74, 6) is -2.42. The van der Waals surface area contributed by atoms with E-state index in [2.05, 4.69) is 12.2 Å². The third-order valence-corrected chi connectivity index (χ3v) is 6.52. The fourth-order valence-electron chi connectivity index (χ4n) is 5.28. The molecule has 0 aromatic heterocycles. The van der Waals surface area contributed by atoms with E-state index in [4.69, 9.17) is 14.2 Å². The number of rotatable bonds is 3. The fraction of sp³-hybridized carbons (Fsp3) is 0.654. The first-order valence-corrected chi connectivity index (χ1v) is 11.6. The van der Waals surface area contributed by atoms with Gasteiger partial charge in [0.05, 0.1) is 18.6 Å². The van der Waals surface area contributed by atoms with Crippen LogP contribution in [0.5, 0.6) is 0 Å². The maximum atomic E-state index is 14.2. The molecule has 3 atom stereocenters. The highest BCUT2D eigenvalue weighted by Gasteiger charge is 2.74. The second kappa shape index (κ2) is 8.33. The van der Waals surface area contributed by atoms with Gasteiger partial charge in [-0.25, -0.2) is 0 Å². The molecule has 1 heterocycles. The molecule has 1 aromatic rings. The van der Waals surface area contributed by atoms with Crippen LogP contribution in [0.4, 0.5) is 5.69 Å². The topological polar surface area (TPSA) is 90.9 Å². The van der Waals surface area contributed by atoms with Crippen molar-refractivity contribution in [3.05, 3.63) is 29.8 Å². The van der Waals surface area contributed by atoms with Crippen LogP contribution >= 0.6 is 0 Å². The maximum absolute atomic E-state index is 14.2. The molecule has 7 nitrogen and oxygen atoms in total. The largest absolute Gasteiger partial charge is 0.469 e. The maximum Gasteiger partial charge on any atom is 0.331 e. The third-order valence-electron chi connectivity index (χ3n) is 6.52. The van der Waals surface area contributed by atoms with Crippen molar-refractivity contribution in [1.82, 2.24) is 0 Å². The highest BCUT2D eigenvalue weighted by atomic mass is 16.6. The Hall–Kier alpha value is -2.57. The number of carbonyl (C=O) groups excluding carboxylic acids is 3. The molecule has 0 unspecified atom stereocenters. The lowest BCUT2D eigenvalue weighted by Gasteiger charge is -2.50. The van der Waals surface area contributed by atoms with E-state index >= 15 is 0 Å². The summed E-state index contributed by atoms with van der Waals surface area (Å²) in [5, 5.41) is 3.46. The predicted octanol–water partition coefficient (Wildman–Crippen LogP) is 4.38. The molecule has 1 aliphatic carbocycles. The Labute approximate surface area is 196 Å². The molecule has 1 aromatic carbocycles. The van der Waals surface area contributed by atoms with E-state index in [1.165, 1.54) is 7.11 Å². The normalized spacial score (nSPS) is 26.2. The number of anilines is 1. The lowest BCUT2D eigenvalue weighted by molar-refractivity contribution is -0.184. The number of carbonyl (C=O) groups is 3. The number of methoxy groups -OCH3 is 1. The van der Waals surface area contributed by atoms with Crippen LogP contribution in [-0.2, 0) is 34.0 Å². The van der Waals surface area contributed by atoms with Gasteiger partial charge in [-0.15, -0.1) is 0 Å². The SMILES string of the molecule is COC(=O)[C@@H]1C[C@H](C)CC[C@]12Nc1ccccc1C2(C(=O)OC(C)(C)C)C(=O)OC(C)(C)C. The molecule has 1 fully saturated rings. The number of ether oxygens (including phenoxy) is 3. The monoisotopic (exact) mass is 459 g/mol. The van der Waals surface area contributed by atoms with Crippen LogP contribution in [0, 0.1) is 11.8 Å². The molecule has 7 heteroatoms. The smallest absolute Gasteiger partial charge is 0.331 e. The van der Waals surface area contributed by atoms with Crippen molar-refractivity contribution in [2.75, 3.05) is 12.4 Å². The number of esters is 3. The molecule has 182 valence electrons. The summed E-state index contributed by atoms with van der Waals surface area (Å²) in [7, 11) is 1.33. The van der Waals surface area contributed by atoms with Crippen LogP contribution in [-0.4, -0.2) is 41.8 Å². The summed E-state index contributed by atoms with van der Waals surface area (Å²) >= 11 is 0. The molecule has 0 amide bonds. The molecular formula is C26H37NO6. The molecule has 1 aliphatic heterocycles. The molecule has 33 heavy (non-hydrogen) atoms. The number of hydrogen-bond acceptors (Lipinski definition) is 7. The summed E-state index contributed by atoms with van der Waals surface area (Å²) in [4.78, 5) is 41.5. The summed E-state index contributed by atoms with van der Waals surface area (Å²) < 4.78 is 17.0. The van der Waals surface area contributed by atoms with Crippen molar-refractivity contribution in [3.63, 3.8) is 0 Å². The minimum Gasteiger partial charge on any atom is -0.469 e. The van der Waals surface area contributed by atoms with Crippen LogP contribution in [0.1, 0.15) is 73.3 Å². The quantitative estimate of drug-likeness (QED) is 0.407. The van der Waals surface area contributed by atoms with Gasteiger partial charge in [0.1, 0.15) is 11.2 Å². The third kappa shape index (κ3) is 4.22. The van der Waals surface area contributed by atoms with Crippen LogP contribution in [0.15, 0.2) is 24.3 Å². The van der Waals surface area contributed by atoms with Crippen molar-refractivity contribution in [2.45, 2.75) is 89.9 Å². The second-order valence-electron chi connectivity index (χ2n) is 11.4. The molecule has 2 aliphatic rings. The van der Waals surface area contributed by atoms with Gasteiger partial charge in [-0.1, -0.05) is 25.1 Å². The first kappa shape index (κ1) is 25.1. The van der Waals surface area contributed by atoms with E-state index in [-0.39, 0.29) is 5.92 Å². The lowest BCUT2D eigenvalue weighted by atomic mass is 9.55. The summed E-state index contributed by atoms with van der Waals surface area (Å²) in [6.07, 6.45) is 1.60. The van der Waals surface area contributed by atoms with E-state index in [9.17, 15) is 14.4 Å². The molecule has 0 radical (unpaired) electrons. The Morgan fingerprint density at radius 1 is 0.970 bits per heavy atom. The fourth-order valence-corrected chi connectivity index (χ4v) is 5.28. The molecule has 1 saturated carbocycles. The highest BCUT2D eigenvalue weighted by Crippen LogP contribution is 2.58. The minimum atomic E-state index is -1.87. The van der Waals surface area contributed by atoms with Gasteiger partial charge >= 0.3 is 17.9 Å². The molecule has 0 bridgehead atoms. The average Bonchev–Trinajstić information content (AvgIpc) is 2.98. The zero-order chi connectivity index (χ0) is 24.8. The van der Waals surface area contributed by atoms with E-state index in [0.717, 1.165) is 6.42 Å². The number of hydrogen-bond donors (Lipinski definition) is 1. The van der Waals surface area contributed by atoms with Crippen molar-refractivity contribution < 1.29 is 28.6 Å². The Morgan fingerprint density at radius 2 is 1.52 bits per heavy atom. The highest BCUT2D eigenvalue weighted by molar-refractivity contribution is 6.13. The molecular weight excluding hydrogens is 422 g/mol. The molecule has 1 spiro atoms. The van der Waals surface area contributed by atoms with Crippen molar-refractivity contribution in [1.29, 1.82) is 0 Å². The van der Waals surface area contributed by atoms with Gasteiger partial charge in [-0.2, -0.15) is 0 Å². The molecule has 0 saturated heterocycles. The summed E-state index contributed by atoms with van der Waals surface area (Å²) in [6, 6.07) is 7.18. The predicted molar refractivity (Wildman–Crippen MR) is 125 cm³/mol. The van der Waals surface area contributed by atoms with Gasteiger partial charge in [-0.05, 0) is 72.8 Å². The second-order valence-corrected chi connectivity index (χ2v) is 11.4. The van der Waals surface area contributed by atoms with E-state index in [1.54, 1.807) is 53.7 Å². The van der Waals surface area contributed by atoms with E-state index < -0.39 is 46.0 Å². The zero-order valence-corrected chi connectivity index (χ0v) is 21.0. The summed E-state index contributed by atoms with van der Waals surface area (Å²) in [6.45, 7) is 12.6. The van der Waals surface area contributed by atoms with E-state index in [0.29, 0.717) is 24.1 Å². The number of fused-ring (bicyclic) bond motifs is 1. The first-order chi connectivity index (χ1) is 15.2. The molecule has 1 N–H and O–H groups in total. The van der Waals surface area contributed by atoms with Crippen molar-refractivity contribution in [2.24, 2.45) is 11.8 Å². The average molecular weight is 460 g/mol. The van der Waals surface area contributed by atoms with E-state index in [1.807, 2.05) is 12.1 Å². The van der Waals surface area contributed by atoms with Gasteiger partial charge in [0.15, 0.2) is 0 Å². The Morgan fingerprint density at radius 3 is 2.03 bits per heavy atom.